The Kier molecular flexibility index (Phi) is 6.30. The zero-order valence-electron chi connectivity index (χ0n) is 14.3. The molecule has 8 nitrogen and oxygen atoms in total. The predicted octanol–water partition coefficient (Wildman–Crippen LogP) is -0.780. The van der Waals surface area contributed by atoms with Crippen LogP contribution in [0.15, 0.2) is 18.6 Å². The molecule has 0 spiro atoms. The van der Waals surface area contributed by atoms with Gasteiger partial charge in [0.15, 0.2) is 0 Å². The zero-order chi connectivity index (χ0) is 17.5. The molecule has 3 heterocycles. The van der Waals surface area contributed by atoms with Gasteiger partial charge in [-0.1, -0.05) is 0 Å². The summed E-state index contributed by atoms with van der Waals surface area (Å²) < 4.78 is 5.29. The van der Waals surface area contributed by atoms with Gasteiger partial charge in [0.25, 0.3) is 0 Å². The number of hydrogen-bond acceptors (Lipinski definition) is 6. The number of aromatic nitrogens is 2. The molecule has 0 aliphatic carbocycles. The van der Waals surface area contributed by atoms with Gasteiger partial charge in [-0.15, -0.1) is 0 Å². The van der Waals surface area contributed by atoms with Gasteiger partial charge in [-0.2, -0.15) is 0 Å². The van der Waals surface area contributed by atoms with Gasteiger partial charge in [0.05, 0.1) is 30.7 Å². The molecular formula is C17H25N5O3. The maximum atomic E-state index is 12.6. The number of piperidine rings is 1. The second-order valence-electron chi connectivity index (χ2n) is 6.46. The molecular weight excluding hydrogens is 322 g/mol. The number of ether oxygens (including phenoxy) is 1. The number of rotatable bonds is 5. The van der Waals surface area contributed by atoms with Gasteiger partial charge < -0.3 is 20.3 Å². The Morgan fingerprint density at radius 1 is 1.24 bits per heavy atom. The van der Waals surface area contributed by atoms with Crippen LogP contribution >= 0.6 is 0 Å². The summed E-state index contributed by atoms with van der Waals surface area (Å²) in [5, 5.41) is 6.18. The van der Waals surface area contributed by atoms with Crippen LogP contribution < -0.4 is 10.6 Å². The highest BCUT2D eigenvalue weighted by molar-refractivity contribution is 5.83. The summed E-state index contributed by atoms with van der Waals surface area (Å²) >= 11 is 0. The molecule has 0 saturated carbocycles. The van der Waals surface area contributed by atoms with Gasteiger partial charge in [0, 0.05) is 57.7 Å². The van der Waals surface area contributed by atoms with E-state index in [9.17, 15) is 9.59 Å². The topological polar surface area (TPSA) is 96.4 Å². The van der Waals surface area contributed by atoms with E-state index in [0.717, 1.165) is 5.69 Å². The maximum Gasteiger partial charge on any atom is 0.227 e. The largest absolute Gasteiger partial charge is 0.378 e. The minimum Gasteiger partial charge on any atom is -0.378 e. The number of morpholine rings is 1. The molecule has 2 atom stereocenters. The lowest BCUT2D eigenvalue weighted by molar-refractivity contribution is -0.141. The molecule has 2 fully saturated rings. The lowest BCUT2D eigenvalue weighted by Crippen LogP contribution is -2.51. The Balaban J connectivity index is 1.45. The zero-order valence-corrected chi connectivity index (χ0v) is 14.3. The first-order chi connectivity index (χ1) is 12.2. The van der Waals surface area contributed by atoms with Gasteiger partial charge in [-0.3, -0.25) is 19.6 Å². The summed E-state index contributed by atoms with van der Waals surface area (Å²) in [6.07, 6.45) is 6.22. The lowest BCUT2D eigenvalue weighted by atomic mass is 9.88. The fourth-order valence-corrected chi connectivity index (χ4v) is 3.29. The molecule has 25 heavy (non-hydrogen) atoms. The Hall–Kier alpha value is -2.06. The number of hydrogen-bond donors (Lipinski definition) is 2. The highest BCUT2D eigenvalue weighted by atomic mass is 16.5. The van der Waals surface area contributed by atoms with E-state index in [2.05, 4.69) is 20.6 Å². The Morgan fingerprint density at radius 2 is 2.04 bits per heavy atom. The van der Waals surface area contributed by atoms with E-state index in [-0.39, 0.29) is 23.7 Å². The molecule has 2 amide bonds. The van der Waals surface area contributed by atoms with Crippen molar-refractivity contribution in [1.82, 2.24) is 25.5 Å². The fraction of sp³-hybridized carbons (Fsp3) is 0.647. The van der Waals surface area contributed by atoms with Crippen molar-refractivity contribution in [2.75, 3.05) is 45.9 Å². The van der Waals surface area contributed by atoms with Gasteiger partial charge in [0.2, 0.25) is 11.8 Å². The summed E-state index contributed by atoms with van der Waals surface area (Å²) in [6.45, 7) is 4.25. The second kappa shape index (κ2) is 8.87. The molecule has 1 aromatic heterocycles. The van der Waals surface area contributed by atoms with E-state index in [4.69, 9.17) is 4.74 Å². The van der Waals surface area contributed by atoms with E-state index >= 15 is 0 Å². The summed E-state index contributed by atoms with van der Waals surface area (Å²) in [5.74, 6) is -0.183. The third-order valence-electron chi connectivity index (χ3n) is 4.69. The minimum absolute atomic E-state index is 0.00383. The number of carbonyl (C=O) groups excluding carboxylic acids is 2. The molecule has 136 valence electrons. The van der Waals surface area contributed by atoms with Crippen molar-refractivity contribution in [1.29, 1.82) is 0 Å². The monoisotopic (exact) mass is 347 g/mol. The number of nitrogens with one attached hydrogen (secondary N) is 2. The summed E-state index contributed by atoms with van der Waals surface area (Å²) in [6, 6.07) is 0. The van der Waals surface area contributed by atoms with Crippen molar-refractivity contribution in [2.45, 2.75) is 12.8 Å². The average Bonchev–Trinajstić information content (AvgIpc) is 2.69. The van der Waals surface area contributed by atoms with Crippen LogP contribution in [0.4, 0.5) is 0 Å². The Morgan fingerprint density at radius 3 is 2.80 bits per heavy atom. The SMILES string of the molecule is O=C(NCCc1cnccn1)C1CNCC(C(=O)N2CCOCC2)C1. The summed E-state index contributed by atoms with van der Waals surface area (Å²) in [4.78, 5) is 35.1. The highest BCUT2D eigenvalue weighted by Gasteiger charge is 2.33. The molecule has 0 bridgehead atoms. The van der Waals surface area contributed by atoms with E-state index in [0.29, 0.717) is 58.8 Å². The molecule has 0 radical (unpaired) electrons. The van der Waals surface area contributed by atoms with E-state index in [1.165, 1.54) is 0 Å². The third-order valence-corrected chi connectivity index (χ3v) is 4.69. The van der Waals surface area contributed by atoms with Crippen molar-refractivity contribution in [3.63, 3.8) is 0 Å². The molecule has 0 aromatic carbocycles. The number of amides is 2. The minimum atomic E-state index is -0.175. The molecule has 3 rings (SSSR count). The number of nitrogens with zero attached hydrogens (tertiary/aromatic N) is 3. The quantitative estimate of drug-likeness (QED) is 0.725. The lowest BCUT2D eigenvalue weighted by Gasteiger charge is -2.34. The van der Waals surface area contributed by atoms with Crippen LogP contribution in [-0.4, -0.2) is 72.6 Å². The van der Waals surface area contributed by atoms with Crippen LogP contribution in [-0.2, 0) is 20.7 Å². The van der Waals surface area contributed by atoms with Gasteiger partial charge in [-0.25, -0.2) is 0 Å². The summed E-state index contributed by atoms with van der Waals surface area (Å²) in [5.41, 5.74) is 0.852. The molecule has 2 aliphatic rings. The molecule has 2 aliphatic heterocycles. The third kappa shape index (κ3) is 4.96. The van der Waals surface area contributed by atoms with E-state index in [1.54, 1.807) is 18.6 Å². The second-order valence-corrected chi connectivity index (χ2v) is 6.46. The Labute approximate surface area is 147 Å². The first kappa shape index (κ1) is 17.8. The summed E-state index contributed by atoms with van der Waals surface area (Å²) in [7, 11) is 0. The van der Waals surface area contributed by atoms with E-state index in [1.807, 2.05) is 4.90 Å². The maximum absolute atomic E-state index is 12.6. The molecule has 1 aromatic rings. The molecule has 2 unspecified atom stereocenters. The van der Waals surface area contributed by atoms with E-state index < -0.39 is 0 Å². The van der Waals surface area contributed by atoms with Crippen LogP contribution in [0.3, 0.4) is 0 Å². The first-order valence-electron chi connectivity index (χ1n) is 8.84. The average molecular weight is 347 g/mol. The van der Waals surface area contributed by atoms with Gasteiger partial charge in [0.1, 0.15) is 0 Å². The van der Waals surface area contributed by atoms with Crippen LogP contribution in [0, 0.1) is 11.8 Å². The van der Waals surface area contributed by atoms with Crippen molar-refractivity contribution in [2.24, 2.45) is 11.8 Å². The molecule has 2 saturated heterocycles. The van der Waals surface area contributed by atoms with Gasteiger partial charge >= 0.3 is 0 Å². The standard InChI is InChI=1S/C17H25N5O3/c23-16(21-2-1-15-12-18-3-4-20-15)13-9-14(11-19-10-13)17(24)22-5-7-25-8-6-22/h3-4,12-14,19H,1-2,5-11H2,(H,21,23). The van der Waals surface area contributed by atoms with Crippen molar-refractivity contribution < 1.29 is 14.3 Å². The van der Waals surface area contributed by atoms with Crippen LogP contribution in [0.2, 0.25) is 0 Å². The molecule has 8 heteroatoms. The number of carbonyl (C=O) groups is 2. The van der Waals surface area contributed by atoms with Crippen LogP contribution in [0.1, 0.15) is 12.1 Å². The Bertz CT molecular complexity index is 577. The predicted molar refractivity (Wildman–Crippen MR) is 90.6 cm³/mol. The normalized spacial score (nSPS) is 23.9. The van der Waals surface area contributed by atoms with Gasteiger partial charge in [-0.05, 0) is 6.42 Å². The fourth-order valence-electron chi connectivity index (χ4n) is 3.29. The molecule has 2 N–H and O–H groups in total. The van der Waals surface area contributed by atoms with Crippen molar-refractivity contribution in [3.05, 3.63) is 24.3 Å². The van der Waals surface area contributed by atoms with Crippen LogP contribution in [0.5, 0.6) is 0 Å². The smallest absolute Gasteiger partial charge is 0.227 e. The van der Waals surface area contributed by atoms with Crippen molar-refractivity contribution in [3.8, 4) is 0 Å². The first-order valence-corrected chi connectivity index (χ1v) is 8.84. The van der Waals surface area contributed by atoms with Crippen molar-refractivity contribution >= 4 is 11.8 Å². The van der Waals surface area contributed by atoms with Crippen LogP contribution in [0.25, 0.3) is 0 Å². The highest BCUT2D eigenvalue weighted by Crippen LogP contribution is 2.19.